The Morgan fingerprint density at radius 3 is 2.57 bits per heavy atom. The molecular formula is C10H17N5O5S. The molecule has 10 nitrogen and oxygen atoms in total. The van der Waals surface area contributed by atoms with Crippen LogP contribution in [0.3, 0.4) is 0 Å². The van der Waals surface area contributed by atoms with Crippen LogP contribution in [-0.4, -0.2) is 58.7 Å². The fourth-order valence-corrected chi connectivity index (χ4v) is 2.62. The Morgan fingerprint density at radius 1 is 1.43 bits per heavy atom. The molecule has 1 rings (SSSR count). The summed E-state index contributed by atoms with van der Waals surface area (Å²) in [6.45, 7) is 2.84. The number of aliphatic carboxylic acids is 1. The molecule has 1 aromatic heterocycles. The van der Waals surface area contributed by atoms with Crippen LogP contribution in [0.4, 0.5) is 0 Å². The summed E-state index contributed by atoms with van der Waals surface area (Å²) in [5.74, 6) is -1.68. The molecule has 0 aromatic carbocycles. The van der Waals surface area contributed by atoms with Gasteiger partial charge in [-0.15, -0.1) is 5.10 Å². The lowest BCUT2D eigenvalue weighted by Gasteiger charge is -2.24. The Labute approximate surface area is 121 Å². The number of hydrogen-bond acceptors (Lipinski definition) is 6. The Kier molecular flexibility index (Phi) is 5.01. The maximum Gasteiger partial charge on any atom is 0.325 e. The number of carboxylic acid groups (broad SMARTS) is 1. The molecule has 0 unspecified atom stereocenters. The number of nitrogens with one attached hydrogen (secondary N) is 2. The number of carbonyl (C=O) groups excluding carboxylic acids is 1. The highest BCUT2D eigenvalue weighted by atomic mass is 32.2. The first-order valence-electron chi connectivity index (χ1n) is 5.87. The number of carboxylic acids is 1. The molecule has 0 saturated heterocycles. The molecule has 0 bridgehead atoms. The summed E-state index contributed by atoms with van der Waals surface area (Å²) in [4.78, 5) is 22.3. The first-order chi connectivity index (χ1) is 9.48. The van der Waals surface area contributed by atoms with Crippen LogP contribution in [-0.2, 0) is 21.4 Å². The van der Waals surface area contributed by atoms with Crippen LogP contribution in [0.25, 0.3) is 0 Å². The SMILES string of the molecule is CC(C)(CNC(=O)c1cn(CC(=O)O)nn1)NS(C)(=O)=O. The molecule has 1 amide bonds. The van der Waals surface area contributed by atoms with Crippen LogP contribution >= 0.6 is 0 Å². The summed E-state index contributed by atoms with van der Waals surface area (Å²) < 4.78 is 25.7. The van der Waals surface area contributed by atoms with E-state index >= 15 is 0 Å². The summed E-state index contributed by atoms with van der Waals surface area (Å²) in [5, 5.41) is 18.1. The van der Waals surface area contributed by atoms with E-state index in [0.717, 1.165) is 10.9 Å². The van der Waals surface area contributed by atoms with E-state index in [4.69, 9.17) is 5.11 Å². The zero-order valence-electron chi connectivity index (χ0n) is 11.8. The van der Waals surface area contributed by atoms with Crippen molar-refractivity contribution >= 4 is 21.9 Å². The third kappa shape index (κ3) is 6.31. The van der Waals surface area contributed by atoms with Gasteiger partial charge in [-0.25, -0.2) is 17.8 Å². The van der Waals surface area contributed by atoms with Gasteiger partial charge in [-0.3, -0.25) is 9.59 Å². The Morgan fingerprint density at radius 2 is 2.05 bits per heavy atom. The van der Waals surface area contributed by atoms with Gasteiger partial charge in [0, 0.05) is 12.1 Å². The highest BCUT2D eigenvalue weighted by Crippen LogP contribution is 2.03. The second-order valence-corrected chi connectivity index (χ2v) is 6.88. The Hall–Kier alpha value is -2.01. The van der Waals surface area contributed by atoms with E-state index in [2.05, 4.69) is 20.4 Å². The summed E-state index contributed by atoms with van der Waals surface area (Å²) in [5.41, 5.74) is -0.924. The molecule has 21 heavy (non-hydrogen) atoms. The normalized spacial score (nSPS) is 12.1. The highest BCUT2D eigenvalue weighted by Gasteiger charge is 2.23. The maximum atomic E-state index is 11.8. The fraction of sp³-hybridized carbons (Fsp3) is 0.600. The molecule has 0 radical (unpaired) electrons. The third-order valence-electron chi connectivity index (χ3n) is 2.22. The molecule has 0 aliphatic carbocycles. The lowest BCUT2D eigenvalue weighted by Crippen LogP contribution is -2.51. The monoisotopic (exact) mass is 319 g/mol. The topological polar surface area (TPSA) is 143 Å². The number of aromatic nitrogens is 3. The zero-order valence-corrected chi connectivity index (χ0v) is 12.6. The van der Waals surface area contributed by atoms with Gasteiger partial charge in [0.1, 0.15) is 6.54 Å². The number of nitrogens with zero attached hydrogens (tertiary/aromatic N) is 3. The van der Waals surface area contributed by atoms with Gasteiger partial charge in [-0.2, -0.15) is 0 Å². The minimum atomic E-state index is -3.40. The molecule has 0 spiro atoms. The minimum absolute atomic E-state index is 0.0324. The Balaban J connectivity index is 2.61. The molecule has 11 heteroatoms. The average molecular weight is 319 g/mol. The van der Waals surface area contributed by atoms with Gasteiger partial charge in [-0.05, 0) is 13.8 Å². The van der Waals surface area contributed by atoms with E-state index in [9.17, 15) is 18.0 Å². The smallest absolute Gasteiger partial charge is 0.325 e. The molecule has 0 saturated carbocycles. The average Bonchev–Trinajstić information content (AvgIpc) is 2.70. The number of amides is 1. The van der Waals surface area contributed by atoms with Crippen molar-refractivity contribution in [2.45, 2.75) is 25.9 Å². The lowest BCUT2D eigenvalue weighted by molar-refractivity contribution is -0.137. The van der Waals surface area contributed by atoms with E-state index in [-0.39, 0.29) is 12.2 Å². The van der Waals surface area contributed by atoms with Crippen molar-refractivity contribution in [3.8, 4) is 0 Å². The van der Waals surface area contributed by atoms with Crippen LogP contribution in [0.1, 0.15) is 24.3 Å². The van der Waals surface area contributed by atoms with Crippen molar-refractivity contribution in [3.63, 3.8) is 0 Å². The predicted octanol–water partition coefficient (Wildman–Crippen LogP) is -1.58. The minimum Gasteiger partial charge on any atom is -0.480 e. The van der Waals surface area contributed by atoms with Crippen molar-refractivity contribution < 1.29 is 23.1 Å². The van der Waals surface area contributed by atoms with Crippen molar-refractivity contribution in [2.75, 3.05) is 12.8 Å². The fourth-order valence-electron chi connectivity index (χ4n) is 1.55. The molecule has 0 aliphatic heterocycles. The zero-order chi connectivity index (χ0) is 16.3. The van der Waals surface area contributed by atoms with E-state index < -0.39 is 34.0 Å². The molecule has 0 fully saturated rings. The van der Waals surface area contributed by atoms with Crippen molar-refractivity contribution in [3.05, 3.63) is 11.9 Å². The number of carbonyl (C=O) groups is 2. The summed E-state index contributed by atoms with van der Waals surface area (Å²) in [6.07, 6.45) is 2.22. The van der Waals surface area contributed by atoms with E-state index in [1.54, 1.807) is 13.8 Å². The van der Waals surface area contributed by atoms with Gasteiger partial charge >= 0.3 is 5.97 Å². The van der Waals surface area contributed by atoms with Gasteiger partial charge in [0.05, 0.1) is 12.5 Å². The maximum absolute atomic E-state index is 11.8. The molecule has 118 valence electrons. The van der Waals surface area contributed by atoms with Crippen LogP contribution in [0, 0.1) is 0 Å². The molecule has 1 aromatic rings. The Bertz CT molecular complexity index is 636. The van der Waals surface area contributed by atoms with Crippen molar-refractivity contribution in [1.82, 2.24) is 25.0 Å². The highest BCUT2D eigenvalue weighted by molar-refractivity contribution is 7.88. The van der Waals surface area contributed by atoms with Gasteiger partial charge < -0.3 is 10.4 Å². The summed E-state index contributed by atoms with van der Waals surface area (Å²) >= 11 is 0. The van der Waals surface area contributed by atoms with Crippen molar-refractivity contribution in [1.29, 1.82) is 0 Å². The second-order valence-electron chi connectivity index (χ2n) is 5.14. The summed E-state index contributed by atoms with van der Waals surface area (Å²) in [6, 6.07) is 0. The van der Waals surface area contributed by atoms with Gasteiger partial charge in [0.2, 0.25) is 10.0 Å². The van der Waals surface area contributed by atoms with E-state index in [1.807, 2.05) is 0 Å². The largest absolute Gasteiger partial charge is 0.480 e. The molecule has 0 atom stereocenters. The van der Waals surface area contributed by atoms with Gasteiger partial charge in [0.15, 0.2) is 5.69 Å². The third-order valence-corrected chi connectivity index (χ3v) is 3.14. The lowest BCUT2D eigenvalue weighted by atomic mass is 10.1. The standard InChI is InChI=1S/C10H17N5O5S/c1-10(2,13-21(3,19)20)6-11-9(18)7-4-15(14-12-7)5-8(16)17/h4,13H,5-6H2,1-3H3,(H,11,18)(H,16,17). The number of hydrogen-bond donors (Lipinski definition) is 3. The number of rotatable bonds is 7. The van der Waals surface area contributed by atoms with E-state index in [1.165, 1.54) is 6.20 Å². The molecule has 1 heterocycles. The van der Waals surface area contributed by atoms with Gasteiger partial charge in [-0.1, -0.05) is 5.21 Å². The first kappa shape index (κ1) is 17.0. The van der Waals surface area contributed by atoms with Crippen LogP contribution in [0.15, 0.2) is 6.20 Å². The van der Waals surface area contributed by atoms with E-state index in [0.29, 0.717) is 0 Å². The molecule has 3 N–H and O–H groups in total. The molecule has 0 aliphatic rings. The van der Waals surface area contributed by atoms with Crippen LogP contribution in [0.5, 0.6) is 0 Å². The second kappa shape index (κ2) is 6.18. The van der Waals surface area contributed by atoms with Crippen LogP contribution in [0.2, 0.25) is 0 Å². The van der Waals surface area contributed by atoms with Crippen LogP contribution < -0.4 is 10.0 Å². The number of sulfonamides is 1. The quantitative estimate of drug-likeness (QED) is 0.550. The first-order valence-corrected chi connectivity index (χ1v) is 7.77. The molecular weight excluding hydrogens is 302 g/mol. The predicted molar refractivity (Wildman–Crippen MR) is 72.0 cm³/mol. The van der Waals surface area contributed by atoms with Gasteiger partial charge in [0.25, 0.3) is 5.91 Å². The summed E-state index contributed by atoms with van der Waals surface area (Å²) in [7, 11) is -3.40. The van der Waals surface area contributed by atoms with Crippen molar-refractivity contribution in [2.24, 2.45) is 0 Å².